The van der Waals surface area contributed by atoms with Crippen LogP contribution in [0.5, 0.6) is 11.5 Å². The summed E-state index contributed by atoms with van der Waals surface area (Å²) in [5.41, 5.74) is 2.92. The zero-order chi connectivity index (χ0) is 18.7. The molecule has 0 bridgehead atoms. The number of benzene rings is 1. The van der Waals surface area contributed by atoms with Crippen LogP contribution in [-0.4, -0.2) is 22.2 Å². The summed E-state index contributed by atoms with van der Waals surface area (Å²) in [6.45, 7) is 4.22. The van der Waals surface area contributed by atoms with Crippen LogP contribution in [-0.2, 0) is 6.42 Å². The monoisotopic (exact) mass is 357 g/mol. The standard InChI is InChI=1S/C22H31NO3/c1-3-4-5-8-16-13-18(24)19(15-9-6-7-14(2)12-15)21(25)20(16)22(26)23-17-10-11-17/h12-13,15,17,24-25H,3-11H2,1-2H3,(H,23,26). The lowest BCUT2D eigenvalue weighted by Gasteiger charge is -2.24. The third-order valence-electron chi connectivity index (χ3n) is 5.53. The molecule has 1 saturated carbocycles. The van der Waals surface area contributed by atoms with Gasteiger partial charge < -0.3 is 15.5 Å². The average molecular weight is 357 g/mol. The molecule has 142 valence electrons. The minimum absolute atomic E-state index is 0.0226. The van der Waals surface area contributed by atoms with Crippen molar-refractivity contribution in [2.24, 2.45) is 0 Å². The molecule has 1 fully saturated rings. The van der Waals surface area contributed by atoms with Gasteiger partial charge in [0.15, 0.2) is 0 Å². The predicted octanol–water partition coefficient (Wildman–Crippen LogP) is 4.94. The first-order valence-electron chi connectivity index (χ1n) is 10.1. The normalized spacial score (nSPS) is 19.9. The van der Waals surface area contributed by atoms with E-state index in [0.717, 1.165) is 56.9 Å². The summed E-state index contributed by atoms with van der Waals surface area (Å²) >= 11 is 0. The van der Waals surface area contributed by atoms with Crippen molar-refractivity contribution in [2.75, 3.05) is 0 Å². The summed E-state index contributed by atoms with van der Waals surface area (Å²) in [5.74, 6) is -0.131. The van der Waals surface area contributed by atoms with Crippen molar-refractivity contribution < 1.29 is 15.0 Å². The number of hydrogen-bond acceptors (Lipinski definition) is 3. The summed E-state index contributed by atoms with van der Waals surface area (Å²) in [5, 5.41) is 24.7. The van der Waals surface area contributed by atoms with Crippen molar-refractivity contribution in [1.82, 2.24) is 5.32 Å². The molecule has 4 heteroatoms. The van der Waals surface area contributed by atoms with Crippen molar-refractivity contribution in [3.8, 4) is 11.5 Å². The molecule has 0 spiro atoms. The Labute approximate surface area is 156 Å². The highest BCUT2D eigenvalue weighted by Gasteiger charge is 2.30. The van der Waals surface area contributed by atoms with Crippen LogP contribution < -0.4 is 5.32 Å². The van der Waals surface area contributed by atoms with Crippen molar-refractivity contribution >= 4 is 5.91 Å². The Hall–Kier alpha value is -1.97. The summed E-state index contributed by atoms with van der Waals surface area (Å²) in [7, 11) is 0. The third kappa shape index (κ3) is 4.22. The fourth-order valence-corrected chi connectivity index (χ4v) is 3.93. The molecular formula is C22H31NO3. The van der Waals surface area contributed by atoms with E-state index < -0.39 is 0 Å². The van der Waals surface area contributed by atoms with Crippen LogP contribution in [0.4, 0.5) is 0 Å². The molecule has 0 aromatic heterocycles. The van der Waals surface area contributed by atoms with Gasteiger partial charge in [-0.05, 0) is 63.5 Å². The number of hydrogen-bond donors (Lipinski definition) is 3. The van der Waals surface area contributed by atoms with E-state index in [1.165, 1.54) is 5.57 Å². The average Bonchev–Trinajstić information content (AvgIpc) is 3.38. The number of rotatable bonds is 7. The largest absolute Gasteiger partial charge is 0.507 e. The Kier molecular flexibility index (Phi) is 5.90. The Morgan fingerprint density at radius 3 is 2.65 bits per heavy atom. The zero-order valence-corrected chi connectivity index (χ0v) is 16.0. The predicted molar refractivity (Wildman–Crippen MR) is 104 cm³/mol. The Morgan fingerprint density at radius 2 is 2.00 bits per heavy atom. The highest BCUT2D eigenvalue weighted by Crippen LogP contribution is 2.44. The zero-order valence-electron chi connectivity index (χ0n) is 16.0. The second kappa shape index (κ2) is 8.15. The summed E-state index contributed by atoms with van der Waals surface area (Å²) in [4.78, 5) is 12.8. The number of aromatic hydroxyl groups is 2. The van der Waals surface area contributed by atoms with Gasteiger partial charge in [0, 0.05) is 17.5 Å². The molecule has 0 heterocycles. The van der Waals surface area contributed by atoms with E-state index in [2.05, 4.69) is 25.2 Å². The fraction of sp³-hybridized carbons (Fsp3) is 0.591. The summed E-state index contributed by atoms with van der Waals surface area (Å²) in [6, 6.07) is 1.95. The lowest BCUT2D eigenvalue weighted by atomic mass is 9.83. The third-order valence-corrected chi connectivity index (χ3v) is 5.53. The van der Waals surface area contributed by atoms with E-state index in [4.69, 9.17) is 0 Å². The van der Waals surface area contributed by atoms with Crippen LogP contribution in [0.15, 0.2) is 17.7 Å². The molecule has 26 heavy (non-hydrogen) atoms. The molecule has 0 saturated heterocycles. The molecule has 1 amide bonds. The summed E-state index contributed by atoms with van der Waals surface area (Å²) in [6.07, 6.45) is 10.9. The number of amides is 1. The van der Waals surface area contributed by atoms with E-state index in [1.807, 2.05) is 0 Å². The van der Waals surface area contributed by atoms with E-state index in [-0.39, 0.29) is 29.4 Å². The molecule has 1 aromatic carbocycles. The van der Waals surface area contributed by atoms with E-state index in [0.29, 0.717) is 17.5 Å². The lowest BCUT2D eigenvalue weighted by molar-refractivity contribution is 0.0947. The van der Waals surface area contributed by atoms with Gasteiger partial charge in [-0.15, -0.1) is 0 Å². The van der Waals surface area contributed by atoms with E-state index >= 15 is 0 Å². The number of phenolic OH excluding ortho intramolecular Hbond substituents is 2. The number of allylic oxidation sites excluding steroid dienone is 2. The number of unbranched alkanes of at least 4 members (excludes halogenated alkanes) is 2. The Balaban J connectivity index is 1.99. The van der Waals surface area contributed by atoms with Gasteiger partial charge in [0.2, 0.25) is 0 Å². The molecule has 2 aliphatic rings. The van der Waals surface area contributed by atoms with Crippen molar-refractivity contribution in [3.63, 3.8) is 0 Å². The topological polar surface area (TPSA) is 69.6 Å². The second-order valence-corrected chi connectivity index (χ2v) is 7.91. The Bertz CT molecular complexity index is 704. The first kappa shape index (κ1) is 18.8. The Morgan fingerprint density at radius 1 is 1.23 bits per heavy atom. The van der Waals surface area contributed by atoms with E-state index in [9.17, 15) is 15.0 Å². The maximum atomic E-state index is 12.8. The van der Waals surface area contributed by atoms with Crippen molar-refractivity contribution in [1.29, 1.82) is 0 Å². The van der Waals surface area contributed by atoms with Crippen LogP contribution in [0.3, 0.4) is 0 Å². The molecule has 1 unspecified atom stereocenters. The van der Waals surface area contributed by atoms with Gasteiger partial charge in [0.05, 0.1) is 5.56 Å². The molecule has 3 N–H and O–H groups in total. The van der Waals surface area contributed by atoms with Crippen LogP contribution in [0.2, 0.25) is 0 Å². The highest BCUT2D eigenvalue weighted by molar-refractivity contribution is 5.99. The molecule has 0 radical (unpaired) electrons. The molecular weight excluding hydrogens is 326 g/mol. The minimum atomic E-state index is -0.200. The van der Waals surface area contributed by atoms with Crippen LogP contribution >= 0.6 is 0 Å². The highest BCUT2D eigenvalue weighted by atomic mass is 16.3. The van der Waals surface area contributed by atoms with Gasteiger partial charge in [-0.3, -0.25) is 4.79 Å². The van der Waals surface area contributed by atoms with Crippen molar-refractivity contribution in [3.05, 3.63) is 34.4 Å². The fourth-order valence-electron chi connectivity index (χ4n) is 3.93. The first-order chi connectivity index (χ1) is 12.5. The molecule has 0 aliphatic heterocycles. The van der Waals surface area contributed by atoms with E-state index in [1.54, 1.807) is 6.07 Å². The van der Waals surface area contributed by atoms with Gasteiger partial charge in [-0.2, -0.15) is 0 Å². The lowest BCUT2D eigenvalue weighted by Crippen LogP contribution is -2.27. The molecule has 4 nitrogen and oxygen atoms in total. The van der Waals surface area contributed by atoms with Gasteiger partial charge in [0.25, 0.3) is 5.91 Å². The number of phenols is 2. The maximum Gasteiger partial charge on any atom is 0.255 e. The number of aryl methyl sites for hydroxylation is 1. The second-order valence-electron chi connectivity index (χ2n) is 7.91. The molecule has 2 aliphatic carbocycles. The van der Waals surface area contributed by atoms with Gasteiger partial charge in [-0.25, -0.2) is 0 Å². The maximum absolute atomic E-state index is 12.8. The smallest absolute Gasteiger partial charge is 0.255 e. The van der Waals surface area contributed by atoms with Gasteiger partial charge >= 0.3 is 0 Å². The van der Waals surface area contributed by atoms with Crippen LogP contribution in [0, 0.1) is 0 Å². The number of carbonyl (C=O) groups is 1. The molecule has 3 rings (SSSR count). The van der Waals surface area contributed by atoms with Crippen LogP contribution in [0.1, 0.15) is 92.6 Å². The summed E-state index contributed by atoms with van der Waals surface area (Å²) < 4.78 is 0. The quantitative estimate of drug-likeness (QED) is 0.478. The number of nitrogens with one attached hydrogen (secondary N) is 1. The van der Waals surface area contributed by atoms with Gasteiger partial charge in [-0.1, -0.05) is 31.4 Å². The van der Waals surface area contributed by atoms with Crippen LogP contribution in [0.25, 0.3) is 0 Å². The minimum Gasteiger partial charge on any atom is -0.507 e. The molecule has 1 atom stereocenters. The van der Waals surface area contributed by atoms with Crippen molar-refractivity contribution in [2.45, 2.75) is 83.6 Å². The van der Waals surface area contributed by atoms with Gasteiger partial charge in [0.1, 0.15) is 11.5 Å². The molecule has 1 aromatic rings. The number of carbonyl (C=O) groups excluding carboxylic acids is 1. The SMILES string of the molecule is CCCCCc1cc(O)c(C2C=C(C)CCC2)c(O)c1C(=O)NC1CC1. The first-order valence-corrected chi connectivity index (χ1v) is 10.1.